The van der Waals surface area contributed by atoms with E-state index < -0.39 is 11.7 Å². The quantitative estimate of drug-likeness (QED) is 0.663. The van der Waals surface area contributed by atoms with Gasteiger partial charge in [0.1, 0.15) is 16.9 Å². The molecule has 2 aromatic carbocycles. The minimum Gasteiger partial charge on any atom is -0.321 e. The van der Waals surface area contributed by atoms with Crippen molar-refractivity contribution in [2.45, 2.75) is 13.8 Å². The van der Waals surface area contributed by atoms with E-state index in [0.29, 0.717) is 16.1 Å². The first-order valence-electron chi connectivity index (χ1n) is 8.38. The molecule has 3 aromatic rings. The number of carbonyl (C=O) groups is 2. The van der Waals surface area contributed by atoms with Crippen LogP contribution in [0.3, 0.4) is 0 Å². The molecule has 3 rings (SSSR count). The van der Waals surface area contributed by atoms with Gasteiger partial charge in [0.05, 0.1) is 10.4 Å². The number of carbonyl (C=O) groups excluding carboxylic acids is 2. The Morgan fingerprint density at radius 2 is 1.79 bits per heavy atom. The molecule has 0 saturated heterocycles. The Morgan fingerprint density at radius 3 is 2.46 bits per heavy atom. The van der Waals surface area contributed by atoms with Gasteiger partial charge in [-0.15, -0.1) is 11.3 Å². The summed E-state index contributed by atoms with van der Waals surface area (Å²) in [7, 11) is 0. The maximum Gasteiger partial charge on any atom is 0.266 e. The third-order valence-corrected chi connectivity index (χ3v) is 5.38. The van der Waals surface area contributed by atoms with Crippen LogP contribution in [0.4, 0.5) is 15.1 Å². The smallest absolute Gasteiger partial charge is 0.266 e. The highest BCUT2D eigenvalue weighted by Gasteiger charge is 2.22. The lowest BCUT2D eigenvalue weighted by molar-refractivity contribution is 0.101. The molecule has 2 N–H and O–H groups in total. The van der Waals surface area contributed by atoms with E-state index in [1.807, 2.05) is 31.2 Å². The molecule has 0 atom stereocenters. The van der Waals surface area contributed by atoms with E-state index in [1.54, 1.807) is 13.0 Å². The molecule has 0 aliphatic heterocycles. The number of hydrogen-bond donors (Lipinski definition) is 2. The molecule has 1 heterocycles. The van der Waals surface area contributed by atoms with E-state index in [0.717, 1.165) is 23.0 Å². The predicted octanol–water partition coefficient (Wildman–Crippen LogP) is 4.88. The van der Waals surface area contributed by atoms with Crippen LogP contribution in [0, 0.1) is 31.0 Å². The number of benzene rings is 2. The molecule has 1 aromatic heterocycles. The van der Waals surface area contributed by atoms with Gasteiger partial charge in [-0.1, -0.05) is 24.3 Å². The van der Waals surface area contributed by atoms with E-state index in [9.17, 15) is 19.2 Å². The average molecular weight is 393 g/mol. The topological polar surface area (TPSA) is 82.0 Å². The van der Waals surface area contributed by atoms with Crippen LogP contribution in [0.1, 0.15) is 36.7 Å². The van der Waals surface area contributed by atoms with Crippen molar-refractivity contribution in [3.8, 4) is 6.07 Å². The monoisotopic (exact) mass is 393 g/mol. The number of halogens is 1. The number of aryl methyl sites for hydroxylation is 1. The van der Waals surface area contributed by atoms with Crippen LogP contribution in [0.25, 0.3) is 0 Å². The van der Waals surface area contributed by atoms with E-state index in [2.05, 4.69) is 10.6 Å². The first kappa shape index (κ1) is 19.3. The van der Waals surface area contributed by atoms with E-state index in [4.69, 9.17) is 0 Å². The molecule has 0 spiro atoms. The number of anilines is 2. The zero-order valence-electron chi connectivity index (χ0n) is 15.2. The molecule has 0 radical (unpaired) electrons. The zero-order chi connectivity index (χ0) is 20.3. The van der Waals surface area contributed by atoms with Crippen LogP contribution < -0.4 is 10.6 Å². The van der Waals surface area contributed by atoms with E-state index in [1.165, 1.54) is 18.2 Å². The summed E-state index contributed by atoms with van der Waals surface area (Å²) in [6.07, 6.45) is 0. The van der Waals surface area contributed by atoms with Crippen molar-refractivity contribution in [3.63, 3.8) is 0 Å². The molecule has 0 unspecified atom stereocenters. The Morgan fingerprint density at radius 1 is 1.04 bits per heavy atom. The Hall–Kier alpha value is -3.50. The van der Waals surface area contributed by atoms with E-state index >= 15 is 0 Å². The van der Waals surface area contributed by atoms with Crippen LogP contribution in [-0.2, 0) is 0 Å². The third kappa shape index (κ3) is 3.92. The summed E-state index contributed by atoms with van der Waals surface area (Å²) in [6.45, 7) is 3.53. The van der Waals surface area contributed by atoms with Crippen LogP contribution in [0.15, 0.2) is 48.5 Å². The number of rotatable bonds is 4. The lowest BCUT2D eigenvalue weighted by Crippen LogP contribution is -2.12. The van der Waals surface area contributed by atoms with Crippen molar-refractivity contribution in [2.75, 3.05) is 10.6 Å². The Balaban J connectivity index is 1.88. The Labute approximate surface area is 165 Å². The first-order valence-corrected chi connectivity index (χ1v) is 9.19. The molecule has 0 aliphatic rings. The highest BCUT2D eigenvalue weighted by molar-refractivity contribution is 7.18. The fraction of sp³-hybridized carbons (Fsp3) is 0.0952. The Bertz CT molecular complexity index is 1120. The van der Waals surface area contributed by atoms with Crippen molar-refractivity contribution in [3.05, 3.63) is 81.5 Å². The minimum atomic E-state index is -0.553. The lowest BCUT2D eigenvalue weighted by Gasteiger charge is -2.07. The van der Waals surface area contributed by atoms with Crippen molar-refractivity contribution in [2.24, 2.45) is 0 Å². The summed E-state index contributed by atoms with van der Waals surface area (Å²) in [5.41, 5.74) is 2.40. The van der Waals surface area contributed by atoms with Gasteiger partial charge in [-0.3, -0.25) is 9.59 Å². The number of thiophene rings is 1. The number of hydrogen-bond acceptors (Lipinski definition) is 4. The van der Waals surface area contributed by atoms with Crippen LogP contribution >= 0.6 is 11.3 Å². The number of nitrogens with zero attached hydrogens (tertiary/aromatic N) is 1. The highest BCUT2D eigenvalue weighted by atomic mass is 32.1. The van der Waals surface area contributed by atoms with Crippen molar-refractivity contribution >= 4 is 33.8 Å². The summed E-state index contributed by atoms with van der Waals surface area (Å²) in [5.74, 6) is -1.45. The molecule has 0 aliphatic carbocycles. The van der Waals surface area contributed by atoms with Gasteiger partial charge in [-0.2, -0.15) is 5.26 Å². The van der Waals surface area contributed by atoms with Gasteiger partial charge >= 0.3 is 0 Å². The lowest BCUT2D eigenvalue weighted by atomic mass is 10.1. The fourth-order valence-corrected chi connectivity index (χ4v) is 3.70. The second-order valence-corrected chi connectivity index (χ2v) is 7.13. The molecule has 28 heavy (non-hydrogen) atoms. The van der Waals surface area contributed by atoms with E-state index in [-0.39, 0.29) is 22.0 Å². The largest absolute Gasteiger partial charge is 0.321 e. The van der Waals surface area contributed by atoms with Gasteiger partial charge in [-0.05, 0) is 49.2 Å². The molecule has 140 valence electrons. The zero-order valence-corrected chi connectivity index (χ0v) is 16.0. The maximum absolute atomic E-state index is 13.3. The molecule has 0 fully saturated rings. The van der Waals surface area contributed by atoms with Gasteiger partial charge in [0, 0.05) is 11.3 Å². The minimum absolute atomic E-state index is 0.126. The Kier molecular flexibility index (Phi) is 5.52. The molecule has 0 saturated carbocycles. The summed E-state index contributed by atoms with van der Waals surface area (Å²) in [6, 6.07) is 14.6. The molecule has 7 heteroatoms. The normalized spacial score (nSPS) is 10.2. The van der Waals surface area contributed by atoms with Crippen molar-refractivity contribution in [1.82, 2.24) is 0 Å². The fourth-order valence-electron chi connectivity index (χ4n) is 2.65. The summed E-state index contributed by atoms with van der Waals surface area (Å²) in [5, 5.41) is 15.2. The molecule has 2 amide bonds. The average Bonchev–Trinajstić information content (AvgIpc) is 2.98. The van der Waals surface area contributed by atoms with Crippen LogP contribution in [0.2, 0.25) is 0 Å². The number of nitrogens with one attached hydrogen (secondary N) is 2. The van der Waals surface area contributed by atoms with Gasteiger partial charge in [0.25, 0.3) is 11.8 Å². The number of nitriles is 1. The standard InChI is InChI=1S/C21H16FN3O2S/c1-12-6-3-4-9-17(12)24-20(27)18-13(2)16(11-23)21(28-18)25-19(26)14-7-5-8-15(22)10-14/h3-10H,1-2H3,(H,24,27)(H,25,26). The summed E-state index contributed by atoms with van der Waals surface area (Å²) >= 11 is 1.01. The number of amides is 2. The third-order valence-electron chi connectivity index (χ3n) is 4.17. The summed E-state index contributed by atoms with van der Waals surface area (Å²) < 4.78 is 13.3. The SMILES string of the molecule is Cc1ccccc1NC(=O)c1sc(NC(=O)c2cccc(F)c2)c(C#N)c1C. The first-order chi connectivity index (χ1) is 13.4. The van der Waals surface area contributed by atoms with Crippen LogP contribution in [0.5, 0.6) is 0 Å². The highest BCUT2D eigenvalue weighted by Crippen LogP contribution is 2.33. The van der Waals surface area contributed by atoms with Gasteiger partial charge in [0.15, 0.2) is 0 Å². The van der Waals surface area contributed by atoms with Gasteiger partial charge in [0.2, 0.25) is 0 Å². The number of para-hydroxylation sites is 1. The predicted molar refractivity (Wildman–Crippen MR) is 107 cm³/mol. The molecule has 5 nitrogen and oxygen atoms in total. The van der Waals surface area contributed by atoms with Crippen molar-refractivity contribution < 1.29 is 14.0 Å². The van der Waals surface area contributed by atoms with Gasteiger partial charge < -0.3 is 10.6 Å². The molecular formula is C21H16FN3O2S. The van der Waals surface area contributed by atoms with Crippen LogP contribution in [-0.4, -0.2) is 11.8 Å². The molecule has 0 bridgehead atoms. The molecular weight excluding hydrogens is 377 g/mol. The van der Waals surface area contributed by atoms with Crippen molar-refractivity contribution in [1.29, 1.82) is 5.26 Å². The summed E-state index contributed by atoms with van der Waals surface area (Å²) in [4.78, 5) is 25.4. The van der Waals surface area contributed by atoms with Gasteiger partial charge in [-0.25, -0.2) is 4.39 Å². The maximum atomic E-state index is 13.3. The second-order valence-electron chi connectivity index (χ2n) is 6.11. The second kappa shape index (κ2) is 8.03.